The Balaban J connectivity index is 1.46. The molecule has 5 rings (SSSR count). The van der Waals surface area contributed by atoms with Gasteiger partial charge in [0.05, 0.1) is 17.4 Å². The van der Waals surface area contributed by atoms with Gasteiger partial charge in [0.25, 0.3) is 0 Å². The minimum absolute atomic E-state index is 0.0847. The average Bonchev–Trinajstić information content (AvgIpc) is 2.89. The molecule has 0 amide bonds. The number of alkyl halides is 1. The van der Waals surface area contributed by atoms with Gasteiger partial charge in [0.1, 0.15) is 11.9 Å². The highest BCUT2D eigenvalue weighted by atomic mass is 19.1. The molecule has 1 unspecified atom stereocenters. The molecule has 2 aromatic heterocycles. The van der Waals surface area contributed by atoms with Crippen LogP contribution in [0.5, 0.6) is 11.6 Å². The molecule has 9 heteroatoms. The standard InChI is InChI=1S/C28H31FN6O2/c1-17-12-25(33-14-18(2)36)21-6-3-4-7-22(21)26(17)37-27-23(8-5-10-31-27)24-9-11-32-28(35-24)34-20-13-19(29)15-30-16-20/h3-12,18-20,30,33,36H,13-16H2,1-2H3,(H,32,34,35)/t18?,19-,20-/m0/s1. The van der Waals surface area contributed by atoms with Crippen LogP contribution in [-0.4, -0.2) is 58.0 Å². The van der Waals surface area contributed by atoms with Gasteiger partial charge in [0.15, 0.2) is 0 Å². The Morgan fingerprint density at radius 3 is 2.76 bits per heavy atom. The van der Waals surface area contributed by atoms with E-state index in [0.29, 0.717) is 49.3 Å². The molecule has 1 fully saturated rings. The first-order valence-corrected chi connectivity index (χ1v) is 12.5. The molecule has 0 spiro atoms. The Labute approximate surface area is 215 Å². The molecule has 1 saturated heterocycles. The van der Waals surface area contributed by atoms with E-state index in [0.717, 1.165) is 27.6 Å². The van der Waals surface area contributed by atoms with Crippen molar-refractivity contribution in [1.82, 2.24) is 20.3 Å². The maximum absolute atomic E-state index is 13.8. The first-order chi connectivity index (χ1) is 18.0. The number of rotatable bonds is 8. The number of hydrogen-bond acceptors (Lipinski definition) is 8. The third-order valence-corrected chi connectivity index (χ3v) is 6.30. The van der Waals surface area contributed by atoms with E-state index in [1.54, 1.807) is 25.4 Å². The van der Waals surface area contributed by atoms with E-state index in [9.17, 15) is 9.50 Å². The van der Waals surface area contributed by atoms with Crippen LogP contribution in [0.3, 0.4) is 0 Å². The summed E-state index contributed by atoms with van der Waals surface area (Å²) in [5.74, 6) is 1.56. The number of aromatic nitrogens is 3. The smallest absolute Gasteiger partial charge is 0.228 e. The van der Waals surface area contributed by atoms with Crippen LogP contribution in [-0.2, 0) is 0 Å². The number of anilines is 2. The second kappa shape index (κ2) is 11.1. The lowest BCUT2D eigenvalue weighted by atomic mass is 10.0. The molecule has 1 aliphatic rings. The average molecular weight is 503 g/mol. The number of fused-ring (bicyclic) bond motifs is 1. The van der Waals surface area contributed by atoms with Crippen LogP contribution in [0.25, 0.3) is 22.0 Å². The van der Waals surface area contributed by atoms with Crippen molar-refractivity contribution in [2.75, 3.05) is 30.3 Å². The predicted molar refractivity (Wildman–Crippen MR) is 144 cm³/mol. The Bertz CT molecular complexity index is 1380. The second-order valence-electron chi connectivity index (χ2n) is 9.40. The molecule has 0 aliphatic carbocycles. The van der Waals surface area contributed by atoms with Gasteiger partial charge < -0.3 is 25.8 Å². The highest BCUT2D eigenvalue weighted by Gasteiger charge is 2.22. The zero-order valence-corrected chi connectivity index (χ0v) is 20.9. The fraction of sp³-hybridized carbons (Fsp3) is 0.321. The number of nitrogens with one attached hydrogen (secondary N) is 3. The van der Waals surface area contributed by atoms with Gasteiger partial charge in [-0.2, -0.15) is 0 Å². The summed E-state index contributed by atoms with van der Waals surface area (Å²) >= 11 is 0. The van der Waals surface area contributed by atoms with Gasteiger partial charge >= 0.3 is 0 Å². The van der Waals surface area contributed by atoms with E-state index < -0.39 is 12.3 Å². The summed E-state index contributed by atoms with van der Waals surface area (Å²) in [5.41, 5.74) is 3.23. The molecule has 1 aliphatic heterocycles. The molecular weight excluding hydrogens is 471 g/mol. The van der Waals surface area contributed by atoms with E-state index in [1.807, 2.05) is 49.4 Å². The molecule has 3 heterocycles. The maximum Gasteiger partial charge on any atom is 0.228 e. The highest BCUT2D eigenvalue weighted by Crippen LogP contribution is 2.39. The summed E-state index contributed by atoms with van der Waals surface area (Å²) in [4.78, 5) is 13.5. The summed E-state index contributed by atoms with van der Waals surface area (Å²) < 4.78 is 20.3. The summed E-state index contributed by atoms with van der Waals surface area (Å²) in [6.07, 6.45) is 2.42. The SMILES string of the molecule is Cc1cc(NCC(C)O)c2ccccc2c1Oc1ncccc1-c1ccnc(N[C@@H]2CNC[C@@H](F)C2)n1. The summed E-state index contributed by atoms with van der Waals surface area (Å²) in [5, 5.41) is 21.3. The van der Waals surface area contributed by atoms with Crippen molar-refractivity contribution in [1.29, 1.82) is 0 Å². The number of aliphatic hydroxyl groups is 1. The molecule has 0 bridgehead atoms. The Morgan fingerprint density at radius 1 is 1.11 bits per heavy atom. The number of ether oxygens (including phenoxy) is 1. The zero-order valence-electron chi connectivity index (χ0n) is 20.9. The molecular formula is C28H31FN6O2. The second-order valence-corrected chi connectivity index (χ2v) is 9.40. The number of halogens is 1. The number of nitrogens with zero attached hydrogens (tertiary/aromatic N) is 3. The van der Waals surface area contributed by atoms with Gasteiger partial charge in [-0.15, -0.1) is 0 Å². The lowest BCUT2D eigenvalue weighted by Gasteiger charge is -2.26. The van der Waals surface area contributed by atoms with E-state index in [4.69, 9.17) is 4.74 Å². The number of aliphatic hydroxyl groups excluding tert-OH is 1. The number of aryl methyl sites for hydroxylation is 1. The Morgan fingerprint density at radius 2 is 1.95 bits per heavy atom. The van der Waals surface area contributed by atoms with Crippen molar-refractivity contribution in [3.8, 4) is 22.9 Å². The molecule has 2 aromatic carbocycles. The first kappa shape index (κ1) is 24.9. The predicted octanol–water partition coefficient (Wildman–Crippen LogP) is 4.70. The van der Waals surface area contributed by atoms with Crippen molar-refractivity contribution in [3.63, 3.8) is 0 Å². The molecule has 192 valence electrons. The summed E-state index contributed by atoms with van der Waals surface area (Å²) in [6.45, 7) is 5.22. The summed E-state index contributed by atoms with van der Waals surface area (Å²) in [6, 6.07) is 15.5. The van der Waals surface area contributed by atoms with Crippen LogP contribution in [0, 0.1) is 6.92 Å². The molecule has 37 heavy (non-hydrogen) atoms. The van der Waals surface area contributed by atoms with Crippen LogP contribution < -0.4 is 20.7 Å². The monoisotopic (exact) mass is 502 g/mol. The van der Waals surface area contributed by atoms with Gasteiger partial charge in [0.2, 0.25) is 11.8 Å². The number of benzene rings is 2. The fourth-order valence-electron chi connectivity index (χ4n) is 4.55. The van der Waals surface area contributed by atoms with Crippen molar-refractivity contribution in [2.24, 2.45) is 0 Å². The van der Waals surface area contributed by atoms with Crippen LogP contribution >= 0.6 is 0 Å². The van der Waals surface area contributed by atoms with Crippen LogP contribution in [0.1, 0.15) is 18.9 Å². The lowest BCUT2D eigenvalue weighted by Crippen LogP contribution is -2.44. The van der Waals surface area contributed by atoms with Crippen LogP contribution in [0.4, 0.5) is 16.0 Å². The van der Waals surface area contributed by atoms with Gasteiger partial charge in [-0.05, 0) is 43.7 Å². The normalized spacial score (nSPS) is 18.4. The van der Waals surface area contributed by atoms with Crippen LogP contribution in [0.2, 0.25) is 0 Å². The largest absolute Gasteiger partial charge is 0.437 e. The minimum atomic E-state index is -0.889. The third-order valence-electron chi connectivity index (χ3n) is 6.30. The quantitative estimate of drug-likeness (QED) is 0.275. The van der Waals surface area contributed by atoms with Crippen molar-refractivity contribution in [2.45, 2.75) is 38.6 Å². The maximum atomic E-state index is 13.8. The van der Waals surface area contributed by atoms with Gasteiger partial charge in [-0.1, -0.05) is 24.3 Å². The van der Waals surface area contributed by atoms with Crippen molar-refractivity contribution >= 4 is 22.4 Å². The van der Waals surface area contributed by atoms with E-state index in [-0.39, 0.29) is 6.04 Å². The first-order valence-electron chi connectivity index (χ1n) is 12.5. The Kier molecular flexibility index (Phi) is 7.43. The topological polar surface area (TPSA) is 104 Å². The molecule has 8 nitrogen and oxygen atoms in total. The number of hydrogen-bond donors (Lipinski definition) is 4. The molecule has 0 radical (unpaired) electrons. The highest BCUT2D eigenvalue weighted by molar-refractivity contribution is 5.99. The lowest BCUT2D eigenvalue weighted by molar-refractivity contribution is 0.208. The van der Waals surface area contributed by atoms with E-state index in [2.05, 4.69) is 30.9 Å². The van der Waals surface area contributed by atoms with Crippen molar-refractivity contribution in [3.05, 3.63) is 66.5 Å². The number of pyridine rings is 1. The molecule has 4 aromatic rings. The van der Waals surface area contributed by atoms with E-state index >= 15 is 0 Å². The zero-order chi connectivity index (χ0) is 25.8. The van der Waals surface area contributed by atoms with Crippen molar-refractivity contribution < 1.29 is 14.2 Å². The van der Waals surface area contributed by atoms with Crippen LogP contribution in [0.15, 0.2) is 60.9 Å². The molecule has 3 atom stereocenters. The fourth-order valence-corrected chi connectivity index (χ4v) is 4.55. The third kappa shape index (κ3) is 5.79. The van der Waals surface area contributed by atoms with Gasteiger partial charge in [-0.3, -0.25) is 0 Å². The molecule has 0 saturated carbocycles. The summed E-state index contributed by atoms with van der Waals surface area (Å²) in [7, 11) is 0. The van der Waals surface area contributed by atoms with Gasteiger partial charge in [0, 0.05) is 61.0 Å². The van der Waals surface area contributed by atoms with E-state index in [1.165, 1.54) is 0 Å². The minimum Gasteiger partial charge on any atom is -0.437 e. The molecule has 4 N–H and O–H groups in total. The number of piperidine rings is 1. The Hall–Kier alpha value is -3.82. The van der Waals surface area contributed by atoms with Gasteiger partial charge in [-0.25, -0.2) is 19.3 Å².